The van der Waals surface area contributed by atoms with Crippen LogP contribution in [0.25, 0.3) is 0 Å². The van der Waals surface area contributed by atoms with Crippen LogP contribution in [0.4, 0.5) is 0 Å². The molecule has 0 aromatic carbocycles. The molecular formula is C4H16CaNNaO7P2. The predicted octanol–water partition coefficient (Wildman–Crippen LogP) is -4.31. The Labute approximate surface area is 149 Å². The van der Waals surface area contributed by atoms with Gasteiger partial charge in [-0.25, -0.2) is 0 Å². The molecule has 0 aromatic heterocycles. The van der Waals surface area contributed by atoms with Gasteiger partial charge in [0.25, 0.3) is 5.08 Å². The van der Waals surface area contributed by atoms with Gasteiger partial charge in [0.05, 0.1) is 0 Å². The van der Waals surface area contributed by atoms with Crippen LogP contribution in [0.3, 0.4) is 0 Å². The van der Waals surface area contributed by atoms with Crippen molar-refractivity contribution in [1.82, 2.24) is 0 Å². The molecule has 0 spiro atoms. The fourth-order valence-electron chi connectivity index (χ4n) is 0.800. The summed E-state index contributed by atoms with van der Waals surface area (Å²) in [7, 11) is -10.6. The van der Waals surface area contributed by atoms with Gasteiger partial charge < -0.3 is 34.7 Å². The van der Waals surface area contributed by atoms with Gasteiger partial charge in [-0.3, -0.25) is 9.13 Å². The molecule has 0 atom stereocenters. The van der Waals surface area contributed by atoms with Gasteiger partial charge in [0, 0.05) is 6.42 Å². The monoisotopic (exact) mass is 315 g/mol. The van der Waals surface area contributed by atoms with Gasteiger partial charge >= 0.3 is 82.5 Å². The van der Waals surface area contributed by atoms with Crippen molar-refractivity contribution in [2.75, 3.05) is 6.54 Å². The van der Waals surface area contributed by atoms with Crippen molar-refractivity contribution >= 4 is 52.9 Å². The molecule has 0 heterocycles. The van der Waals surface area contributed by atoms with Gasteiger partial charge in [-0.2, -0.15) is 0 Å². The second-order valence-corrected chi connectivity index (χ2v) is 6.76. The Bertz CT molecular complexity index is 280. The molecule has 0 aliphatic carbocycles. The topological polar surface area (TPSA) is 161 Å². The van der Waals surface area contributed by atoms with E-state index in [9.17, 15) is 14.2 Å². The maximum atomic E-state index is 10.7. The molecule has 0 aromatic rings. The molecule has 7 N–H and O–H groups in total. The first-order valence-corrected chi connectivity index (χ1v) is 6.82. The molecule has 0 bridgehead atoms. The van der Waals surface area contributed by atoms with E-state index in [1.807, 2.05) is 0 Å². The summed E-state index contributed by atoms with van der Waals surface area (Å²) in [6, 6.07) is 0. The van der Waals surface area contributed by atoms with Crippen LogP contribution in [0, 0.1) is 0 Å². The minimum absolute atomic E-state index is 0. The van der Waals surface area contributed by atoms with Crippen LogP contribution in [0.2, 0.25) is 0 Å². The smallest absolute Gasteiger partial charge is 1.00 e. The predicted molar refractivity (Wildman–Crippen MR) is 56.4 cm³/mol. The zero-order chi connectivity index (χ0) is 11.6. The van der Waals surface area contributed by atoms with E-state index in [2.05, 4.69) is 0 Å². The number of aliphatic hydroxyl groups is 1. The fraction of sp³-hybridized carbons (Fsp3) is 1.00. The molecule has 8 nitrogen and oxygen atoms in total. The third-order valence-electron chi connectivity index (χ3n) is 1.65. The Morgan fingerprint density at radius 2 is 1.44 bits per heavy atom. The molecule has 0 amide bonds. The van der Waals surface area contributed by atoms with E-state index < -0.39 is 26.7 Å². The summed E-state index contributed by atoms with van der Waals surface area (Å²) in [6.45, 7) is -0.0394. The third kappa shape index (κ3) is 6.08. The summed E-state index contributed by atoms with van der Waals surface area (Å²) in [5, 5.41) is 5.91. The molecule has 0 saturated carbocycles. The van der Waals surface area contributed by atoms with Crippen LogP contribution in [0.15, 0.2) is 0 Å². The first-order valence-electron chi connectivity index (χ1n) is 3.60. The molecule has 92 valence electrons. The number of nitrogens with two attached hydrogens (primary N) is 1. The molecule has 0 saturated heterocycles. The Morgan fingerprint density at radius 1 is 1.12 bits per heavy atom. The Balaban J connectivity index is -0.0000000845. The molecule has 16 heavy (non-hydrogen) atoms. The van der Waals surface area contributed by atoms with Crippen molar-refractivity contribution < 1.29 is 67.6 Å². The van der Waals surface area contributed by atoms with E-state index in [4.69, 9.17) is 25.3 Å². The minimum atomic E-state index is -5.30. The van der Waals surface area contributed by atoms with Crippen molar-refractivity contribution in [2.24, 2.45) is 5.73 Å². The summed E-state index contributed by atoms with van der Waals surface area (Å²) in [5.74, 6) is 0. The number of hydrogen-bond donors (Lipinski definition) is 6. The molecule has 0 radical (unpaired) electrons. The van der Waals surface area contributed by atoms with Crippen LogP contribution in [0.1, 0.15) is 17.1 Å². The molecule has 0 rings (SSSR count). The third-order valence-corrected chi connectivity index (χ3v) is 5.53. The maximum absolute atomic E-state index is 10.7. The zero-order valence-corrected chi connectivity index (χ0v) is 14.8. The van der Waals surface area contributed by atoms with Crippen LogP contribution < -0.4 is 35.3 Å². The van der Waals surface area contributed by atoms with Crippen LogP contribution in [-0.4, -0.2) is 74.0 Å². The normalized spacial score (nSPS) is 12.6. The van der Waals surface area contributed by atoms with Crippen molar-refractivity contribution in [1.29, 1.82) is 0 Å². The maximum Gasteiger partial charge on any atom is 2.00 e. The van der Waals surface area contributed by atoms with E-state index in [0.717, 1.165) is 0 Å². The Morgan fingerprint density at radius 3 is 1.62 bits per heavy atom. The van der Waals surface area contributed by atoms with Gasteiger partial charge in [0.15, 0.2) is 0 Å². The standard InChI is InChI=1S/C4H13NO7P2.Ca.Na.3H/c5-3-1-2-4(6,13(7,8)9)14(10,11)12;;;;;/h6H,1-3,5H2,(H2,7,8,9)(H2,10,11,12);;;;;/q;+2;+1;3*-1. The van der Waals surface area contributed by atoms with Crippen molar-refractivity contribution in [3.63, 3.8) is 0 Å². The molecule has 0 unspecified atom stereocenters. The van der Waals surface area contributed by atoms with E-state index in [1.54, 1.807) is 0 Å². The fourth-order valence-corrected chi connectivity index (χ4v) is 3.06. The van der Waals surface area contributed by atoms with Gasteiger partial charge in [-0.05, 0) is 13.0 Å². The average molecular weight is 315 g/mol. The van der Waals surface area contributed by atoms with Crippen molar-refractivity contribution in [3.8, 4) is 0 Å². The first kappa shape index (κ1) is 23.6. The van der Waals surface area contributed by atoms with Crippen molar-refractivity contribution in [2.45, 2.75) is 17.9 Å². The Hall–Kier alpha value is 2.48. The minimum Gasteiger partial charge on any atom is -1.00 e. The van der Waals surface area contributed by atoms with Gasteiger partial charge in [0.2, 0.25) is 0 Å². The quantitative estimate of drug-likeness (QED) is 0.219. The summed E-state index contributed by atoms with van der Waals surface area (Å²) in [5.41, 5.74) is 5.01. The summed E-state index contributed by atoms with van der Waals surface area (Å²) in [6.07, 6.45) is -0.856. The van der Waals surface area contributed by atoms with Crippen LogP contribution in [0.5, 0.6) is 0 Å². The first-order chi connectivity index (χ1) is 6.06. The Kier molecular flexibility index (Phi) is 12.7. The number of rotatable bonds is 5. The molecular weight excluding hydrogens is 299 g/mol. The molecule has 0 fully saturated rings. The summed E-state index contributed by atoms with van der Waals surface area (Å²) in [4.78, 5) is 34.5. The van der Waals surface area contributed by atoms with Gasteiger partial charge in [-0.1, -0.05) is 0 Å². The summed E-state index contributed by atoms with van der Waals surface area (Å²) >= 11 is 0. The molecule has 0 aliphatic heterocycles. The number of hydrogen-bond acceptors (Lipinski definition) is 4. The largest absolute Gasteiger partial charge is 2.00 e. The summed E-state index contributed by atoms with van der Waals surface area (Å²) < 4.78 is 21.4. The van der Waals surface area contributed by atoms with Gasteiger partial charge in [0.1, 0.15) is 0 Å². The zero-order valence-electron chi connectivity index (χ0n) is 11.9. The average Bonchev–Trinajstić information content (AvgIpc) is 1.95. The molecule has 12 heteroatoms. The van der Waals surface area contributed by atoms with E-state index in [1.165, 1.54) is 0 Å². The second kappa shape index (κ2) is 8.61. The van der Waals surface area contributed by atoms with Gasteiger partial charge in [-0.15, -0.1) is 0 Å². The van der Waals surface area contributed by atoms with Crippen molar-refractivity contribution in [3.05, 3.63) is 0 Å². The van der Waals surface area contributed by atoms with Crippen LogP contribution in [-0.2, 0) is 9.13 Å². The molecule has 0 aliphatic rings. The van der Waals surface area contributed by atoms with E-state index in [0.29, 0.717) is 0 Å². The van der Waals surface area contributed by atoms with Crippen LogP contribution >= 0.6 is 15.2 Å². The second-order valence-electron chi connectivity index (χ2n) is 2.75. The van der Waals surface area contributed by atoms with E-state index in [-0.39, 0.29) is 84.5 Å². The SMILES string of the molecule is NCCCC(O)(P(=O)(O)O)P(=O)(O)O.[Ca+2].[H-].[H-].[H-].[Na+]. The van der Waals surface area contributed by atoms with E-state index >= 15 is 0 Å².